The molecule has 3 aromatic rings. The van der Waals surface area contributed by atoms with Crippen LogP contribution in [-0.2, 0) is 6.54 Å². The Balaban J connectivity index is 1.80. The Hall–Kier alpha value is -2.75. The molecule has 3 rings (SSSR count). The van der Waals surface area contributed by atoms with Crippen molar-refractivity contribution in [3.63, 3.8) is 0 Å². The van der Waals surface area contributed by atoms with Crippen LogP contribution < -0.4 is 15.6 Å². The Bertz CT molecular complexity index is 960. The van der Waals surface area contributed by atoms with Gasteiger partial charge in [-0.1, -0.05) is 38.8 Å². The van der Waals surface area contributed by atoms with Gasteiger partial charge in [0.1, 0.15) is 5.75 Å². The Morgan fingerprint density at radius 2 is 1.86 bits per heavy atom. The van der Waals surface area contributed by atoms with Gasteiger partial charge in [-0.2, -0.15) is 0 Å². The zero-order valence-corrected chi connectivity index (χ0v) is 17.1. The average molecular weight is 379 g/mol. The highest BCUT2D eigenvalue weighted by Gasteiger charge is 2.08. The summed E-state index contributed by atoms with van der Waals surface area (Å²) in [5, 5.41) is 5.35. The number of rotatable bonds is 9. The Morgan fingerprint density at radius 3 is 2.54 bits per heavy atom. The first-order chi connectivity index (χ1) is 13.6. The zero-order chi connectivity index (χ0) is 19.9. The van der Waals surface area contributed by atoms with Crippen LogP contribution in [0.2, 0.25) is 0 Å². The molecule has 0 spiro atoms. The van der Waals surface area contributed by atoms with E-state index in [0.717, 1.165) is 34.2 Å². The minimum Gasteiger partial charge on any atom is -0.497 e. The van der Waals surface area contributed by atoms with Crippen molar-refractivity contribution in [1.82, 2.24) is 4.57 Å². The number of anilines is 1. The summed E-state index contributed by atoms with van der Waals surface area (Å²) in [6, 6.07) is 16.4. The number of methoxy groups -OCH3 is 1. The molecule has 1 atom stereocenters. The number of hydrogen-bond acceptors (Lipinski definition) is 3. The quantitative estimate of drug-likeness (QED) is 0.539. The summed E-state index contributed by atoms with van der Waals surface area (Å²) >= 11 is 0. The van der Waals surface area contributed by atoms with E-state index in [-0.39, 0.29) is 5.56 Å². The van der Waals surface area contributed by atoms with Gasteiger partial charge in [-0.05, 0) is 60.2 Å². The minimum absolute atomic E-state index is 0.0397. The lowest BCUT2D eigenvalue weighted by molar-refractivity contribution is 0.414. The van der Waals surface area contributed by atoms with Crippen molar-refractivity contribution in [2.24, 2.45) is 0 Å². The maximum atomic E-state index is 12.9. The van der Waals surface area contributed by atoms with Gasteiger partial charge in [0.25, 0.3) is 5.56 Å². The highest BCUT2D eigenvalue weighted by molar-refractivity contribution is 5.84. The number of nitrogens with one attached hydrogen (secondary N) is 1. The molecule has 0 fully saturated rings. The van der Waals surface area contributed by atoms with Crippen LogP contribution in [0, 0.1) is 0 Å². The standard InChI is InChI=1S/C24H30N2O2/c1-4-6-7-20(5-2)25-21-10-13-23-19(16-21)14-15-26(24(23)27)17-18-8-11-22(28-3)12-9-18/h8-16,20,25H,4-7,17H2,1-3H3. The molecule has 0 aliphatic heterocycles. The number of nitrogens with zero attached hydrogens (tertiary/aromatic N) is 1. The topological polar surface area (TPSA) is 43.3 Å². The molecule has 1 N–H and O–H groups in total. The average Bonchev–Trinajstić information content (AvgIpc) is 2.73. The summed E-state index contributed by atoms with van der Waals surface area (Å²) in [4.78, 5) is 12.9. The van der Waals surface area contributed by atoms with E-state index in [2.05, 4.69) is 25.2 Å². The lowest BCUT2D eigenvalue weighted by Gasteiger charge is -2.18. The number of benzene rings is 2. The van der Waals surface area contributed by atoms with E-state index in [1.165, 1.54) is 19.3 Å². The van der Waals surface area contributed by atoms with Crippen molar-refractivity contribution in [2.75, 3.05) is 12.4 Å². The number of unbranched alkanes of at least 4 members (excludes halogenated alkanes) is 1. The second-order valence-corrected chi connectivity index (χ2v) is 7.29. The van der Waals surface area contributed by atoms with Gasteiger partial charge in [0, 0.05) is 23.3 Å². The number of pyridine rings is 1. The van der Waals surface area contributed by atoms with Crippen LogP contribution in [0.4, 0.5) is 5.69 Å². The van der Waals surface area contributed by atoms with Crippen molar-refractivity contribution in [2.45, 2.75) is 52.1 Å². The van der Waals surface area contributed by atoms with Gasteiger partial charge < -0.3 is 14.6 Å². The monoisotopic (exact) mass is 378 g/mol. The van der Waals surface area contributed by atoms with E-state index >= 15 is 0 Å². The molecule has 0 saturated heterocycles. The van der Waals surface area contributed by atoms with E-state index in [1.807, 2.05) is 48.7 Å². The van der Waals surface area contributed by atoms with Crippen LogP contribution >= 0.6 is 0 Å². The first-order valence-electron chi connectivity index (χ1n) is 10.2. The molecule has 0 aliphatic rings. The van der Waals surface area contributed by atoms with Crippen molar-refractivity contribution >= 4 is 16.5 Å². The van der Waals surface area contributed by atoms with Gasteiger partial charge in [-0.15, -0.1) is 0 Å². The minimum atomic E-state index is 0.0397. The third kappa shape index (κ3) is 4.75. The van der Waals surface area contributed by atoms with E-state index < -0.39 is 0 Å². The van der Waals surface area contributed by atoms with Crippen molar-refractivity contribution < 1.29 is 4.74 Å². The summed E-state index contributed by atoms with van der Waals surface area (Å²) in [5.41, 5.74) is 2.20. The molecule has 0 radical (unpaired) electrons. The smallest absolute Gasteiger partial charge is 0.258 e. The molecule has 1 aromatic heterocycles. The van der Waals surface area contributed by atoms with E-state index in [0.29, 0.717) is 12.6 Å². The van der Waals surface area contributed by atoms with Gasteiger partial charge in [0.05, 0.1) is 13.7 Å². The fraction of sp³-hybridized carbons (Fsp3) is 0.375. The number of hydrogen-bond donors (Lipinski definition) is 1. The lowest BCUT2D eigenvalue weighted by atomic mass is 10.1. The Labute approximate surface area is 167 Å². The molecular weight excluding hydrogens is 348 g/mol. The number of aromatic nitrogens is 1. The third-order valence-corrected chi connectivity index (χ3v) is 5.26. The summed E-state index contributed by atoms with van der Waals surface area (Å²) in [5.74, 6) is 0.818. The Morgan fingerprint density at radius 1 is 1.07 bits per heavy atom. The molecule has 0 bridgehead atoms. The van der Waals surface area contributed by atoms with Gasteiger partial charge in [0.15, 0.2) is 0 Å². The van der Waals surface area contributed by atoms with Crippen molar-refractivity contribution in [1.29, 1.82) is 0 Å². The molecule has 4 heteroatoms. The second-order valence-electron chi connectivity index (χ2n) is 7.29. The van der Waals surface area contributed by atoms with E-state index in [9.17, 15) is 4.79 Å². The van der Waals surface area contributed by atoms with Crippen molar-refractivity contribution in [3.05, 3.63) is 70.6 Å². The van der Waals surface area contributed by atoms with E-state index in [4.69, 9.17) is 4.74 Å². The lowest BCUT2D eigenvalue weighted by Crippen LogP contribution is -2.21. The summed E-state index contributed by atoms with van der Waals surface area (Å²) in [6.07, 6.45) is 6.60. The molecule has 4 nitrogen and oxygen atoms in total. The van der Waals surface area contributed by atoms with Crippen LogP contribution in [0.5, 0.6) is 5.75 Å². The van der Waals surface area contributed by atoms with Crippen LogP contribution in [0.25, 0.3) is 10.8 Å². The normalized spacial score (nSPS) is 12.1. The van der Waals surface area contributed by atoms with Gasteiger partial charge >= 0.3 is 0 Å². The number of ether oxygens (including phenoxy) is 1. The molecule has 1 heterocycles. The Kier molecular flexibility index (Phi) is 6.75. The fourth-order valence-corrected chi connectivity index (χ4v) is 3.49. The molecule has 2 aromatic carbocycles. The summed E-state index contributed by atoms with van der Waals surface area (Å²) < 4.78 is 6.95. The molecule has 0 saturated carbocycles. The first kappa shape index (κ1) is 20.0. The predicted molar refractivity (Wildman–Crippen MR) is 118 cm³/mol. The molecule has 0 amide bonds. The second kappa shape index (κ2) is 9.45. The largest absolute Gasteiger partial charge is 0.497 e. The first-order valence-corrected chi connectivity index (χ1v) is 10.2. The molecular formula is C24H30N2O2. The molecule has 0 aliphatic carbocycles. The third-order valence-electron chi connectivity index (χ3n) is 5.26. The van der Waals surface area contributed by atoms with Gasteiger partial charge in [-0.3, -0.25) is 4.79 Å². The summed E-state index contributed by atoms with van der Waals surface area (Å²) in [6.45, 7) is 4.99. The van der Waals surface area contributed by atoms with Gasteiger partial charge in [-0.25, -0.2) is 0 Å². The highest BCUT2D eigenvalue weighted by Crippen LogP contribution is 2.20. The fourth-order valence-electron chi connectivity index (χ4n) is 3.49. The van der Waals surface area contributed by atoms with Crippen LogP contribution in [0.1, 0.15) is 45.1 Å². The SMILES string of the molecule is CCCCC(CC)Nc1ccc2c(=O)n(Cc3ccc(OC)cc3)ccc2c1. The van der Waals surface area contributed by atoms with Gasteiger partial charge in [0.2, 0.25) is 0 Å². The van der Waals surface area contributed by atoms with Crippen LogP contribution in [-0.4, -0.2) is 17.7 Å². The zero-order valence-electron chi connectivity index (χ0n) is 17.1. The van der Waals surface area contributed by atoms with Crippen LogP contribution in [0.15, 0.2) is 59.5 Å². The maximum Gasteiger partial charge on any atom is 0.258 e. The summed E-state index contributed by atoms with van der Waals surface area (Å²) in [7, 11) is 1.65. The highest BCUT2D eigenvalue weighted by atomic mass is 16.5. The maximum absolute atomic E-state index is 12.9. The van der Waals surface area contributed by atoms with E-state index in [1.54, 1.807) is 11.7 Å². The van der Waals surface area contributed by atoms with Crippen molar-refractivity contribution in [3.8, 4) is 5.75 Å². The predicted octanol–water partition coefficient (Wildman–Crippen LogP) is 5.44. The number of fused-ring (bicyclic) bond motifs is 1. The molecule has 28 heavy (non-hydrogen) atoms. The molecule has 1 unspecified atom stereocenters. The van der Waals surface area contributed by atoms with Crippen LogP contribution in [0.3, 0.4) is 0 Å². The molecule has 148 valence electrons.